The minimum atomic E-state index is -0.272. The molecule has 4 heteroatoms. The highest BCUT2D eigenvalue weighted by molar-refractivity contribution is 6.30. The molecule has 0 amide bonds. The number of hydrogen-bond acceptors (Lipinski definition) is 2. The van der Waals surface area contributed by atoms with E-state index in [0.29, 0.717) is 5.02 Å². The summed E-state index contributed by atoms with van der Waals surface area (Å²) in [6.07, 6.45) is 0. The van der Waals surface area contributed by atoms with Gasteiger partial charge in [0.1, 0.15) is 0 Å². The third kappa shape index (κ3) is 3.32. The van der Waals surface area contributed by atoms with Crippen LogP contribution in [0, 0.1) is 17.0 Å². The monoisotopic (exact) mass is 275 g/mol. The summed E-state index contributed by atoms with van der Waals surface area (Å²) < 4.78 is 0. The van der Waals surface area contributed by atoms with Crippen molar-refractivity contribution in [3.63, 3.8) is 0 Å². The molecule has 1 atom stereocenters. The van der Waals surface area contributed by atoms with Crippen LogP contribution in [0.4, 0.5) is 0 Å². The van der Waals surface area contributed by atoms with Crippen molar-refractivity contribution < 1.29 is 4.92 Å². The second kappa shape index (κ2) is 5.85. The average molecular weight is 276 g/mol. The predicted octanol–water partition coefficient (Wildman–Crippen LogP) is 4.06. The fourth-order valence-electron chi connectivity index (χ4n) is 2.21. The summed E-state index contributed by atoms with van der Waals surface area (Å²) in [7, 11) is 0. The summed E-state index contributed by atoms with van der Waals surface area (Å²) in [4.78, 5) is 10.6. The third-order valence-corrected chi connectivity index (χ3v) is 3.42. The Bertz CT molecular complexity index is 581. The van der Waals surface area contributed by atoms with E-state index in [4.69, 9.17) is 11.6 Å². The molecule has 0 saturated heterocycles. The first-order chi connectivity index (χ1) is 9.08. The fourth-order valence-corrected chi connectivity index (χ4v) is 2.33. The zero-order chi connectivity index (χ0) is 13.8. The molecule has 0 aromatic heterocycles. The van der Waals surface area contributed by atoms with Gasteiger partial charge in [-0.05, 0) is 35.7 Å². The van der Waals surface area contributed by atoms with Crippen LogP contribution < -0.4 is 0 Å². The van der Waals surface area contributed by atoms with Gasteiger partial charge in [-0.25, -0.2) is 0 Å². The standard InChI is InChI=1S/C15H14ClNO2/c1-11-4-2-3-5-14(11)15(10-17(18)19)12-6-8-13(16)9-7-12/h2-9,15H,10H2,1H3/t15-/m1/s1. The van der Waals surface area contributed by atoms with Crippen LogP contribution >= 0.6 is 11.6 Å². The highest BCUT2D eigenvalue weighted by Gasteiger charge is 2.21. The van der Waals surface area contributed by atoms with Gasteiger partial charge in [0, 0.05) is 9.95 Å². The summed E-state index contributed by atoms with van der Waals surface area (Å²) >= 11 is 5.87. The molecule has 0 aliphatic carbocycles. The SMILES string of the molecule is Cc1ccccc1[C@H](C[N+](=O)[O-])c1ccc(Cl)cc1. The zero-order valence-electron chi connectivity index (χ0n) is 10.5. The number of aryl methyl sites for hydroxylation is 1. The van der Waals surface area contributed by atoms with Crippen molar-refractivity contribution in [2.75, 3.05) is 6.54 Å². The second-order valence-corrected chi connectivity index (χ2v) is 4.91. The largest absolute Gasteiger partial charge is 0.265 e. The quantitative estimate of drug-likeness (QED) is 0.624. The van der Waals surface area contributed by atoms with Crippen molar-refractivity contribution in [3.05, 3.63) is 80.4 Å². The minimum absolute atomic E-state index is 0.119. The van der Waals surface area contributed by atoms with Crippen molar-refractivity contribution in [3.8, 4) is 0 Å². The molecule has 0 aliphatic heterocycles. The highest BCUT2D eigenvalue weighted by Crippen LogP contribution is 2.28. The lowest BCUT2D eigenvalue weighted by Crippen LogP contribution is -2.14. The maximum absolute atomic E-state index is 10.9. The molecule has 0 heterocycles. The van der Waals surface area contributed by atoms with Gasteiger partial charge >= 0.3 is 0 Å². The van der Waals surface area contributed by atoms with E-state index in [-0.39, 0.29) is 17.4 Å². The Morgan fingerprint density at radius 3 is 2.37 bits per heavy atom. The molecule has 98 valence electrons. The molecule has 0 bridgehead atoms. The molecule has 19 heavy (non-hydrogen) atoms. The Hall–Kier alpha value is -1.87. The number of nitro groups is 1. The lowest BCUT2D eigenvalue weighted by molar-refractivity contribution is -0.481. The highest BCUT2D eigenvalue weighted by atomic mass is 35.5. The van der Waals surface area contributed by atoms with E-state index in [1.807, 2.05) is 43.3 Å². The van der Waals surface area contributed by atoms with E-state index in [1.54, 1.807) is 12.1 Å². The topological polar surface area (TPSA) is 43.1 Å². The number of nitrogens with zero attached hydrogens (tertiary/aromatic N) is 1. The lowest BCUT2D eigenvalue weighted by atomic mass is 9.88. The molecule has 2 aromatic rings. The zero-order valence-corrected chi connectivity index (χ0v) is 11.3. The van der Waals surface area contributed by atoms with Crippen LogP contribution in [0.5, 0.6) is 0 Å². The van der Waals surface area contributed by atoms with Gasteiger partial charge in [0.05, 0.1) is 5.92 Å². The van der Waals surface area contributed by atoms with E-state index in [0.717, 1.165) is 16.7 Å². The molecule has 0 radical (unpaired) electrons. The Labute approximate surface area is 117 Å². The van der Waals surface area contributed by atoms with Gasteiger partial charge in [-0.2, -0.15) is 0 Å². The van der Waals surface area contributed by atoms with Gasteiger partial charge in [0.25, 0.3) is 0 Å². The molecule has 0 saturated carbocycles. The molecular formula is C15H14ClNO2. The molecule has 0 aliphatic rings. The van der Waals surface area contributed by atoms with Gasteiger partial charge in [0.2, 0.25) is 6.54 Å². The Morgan fingerprint density at radius 2 is 1.79 bits per heavy atom. The van der Waals surface area contributed by atoms with Crippen LogP contribution in [0.15, 0.2) is 48.5 Å². The maximum atomic E-state index is 10.9. The van der Waals surface area contributed by atoms with Gasteiger partial charge in [0.15, 0.2) is 0 Å². The fraction of sp³-hybridized carbons (Fsp3) is 0.200. The number of rotatable bonds is 4. The average Bonchev–Trinajstić information content (AvgIpc) is 2.38. The van der Waals surface area contributed by atoms with Gasteiger partial charge < -0.3 is 0 Å². The molecule has 0 spiro atoms. The Balaban J connectivity index is 2.44. The summed E-state index contributed by atoms with van der Waals surface area (Å²) in [5.74, 6) is -0.242. The molecule has 2 rings (SSSR count). The van der Waals surface area contributed by atoms with Crippen LogP contribution in [-0.4, -0.2) is 11.5 Å². The normalized spacial score (nSPS) is 12.1. The first kappa shape index (κ1) is 13.6. The lowest BCUT2D eigenvalue weighted by Gasteiger charge is -2.16. The van der Waals surface area contributed by atoms with Crippen molar-refractivity contribution in [1.29, 1.82) is 0 Å². The van der Waals surface area contributed by atoms with Crippen molar-refractivity contribution >= 4 is 11.6 Å². The molecule has 0 fully saturated rings. The van der Waals surface area contributed by atoms with Crippen molar-refractivity contribution in [2.45, 2.75) is 12.8 Å². The number of benzene rings is 2. The Morgan fingerprint density at radius 1 is 1.16 bits per heavy atom. The van der Waals surface area contributed by atoms with Crippen molar-refractivity contribution in [2.24, 2.45) is 0 Å². The van der Waals surface area contributed by atoms with E-state index in [2.05, 4.69) is 0 Å². The van der Waals surface area contributed by atoms with Crippen LogP contribution in [0.25, 0.3) is 0 Å². The maximum Gasteiger partial charge on any atom is 0.214 e. The molecule has 0 N–H and O–H groups in total. The summed E-state index contributed by atoms with van der Waals surface area (Å²) in [5.41, 5.74) is 2.96. The van der Waals surface area contributed by atoms with Gasteiger partial charge in [-0.15, -0.1) is 0 Å². The second-order valence-electron chi connectivity index (χ2n) is 4.48. The van der Waals surface area contributed by atoms with Crippen LogP contribution in [0.1, 0.15) is 22.6 Å². The van der Waals surface area contributed by atoms with Crippen LogP contribution in [0.2, 0.25) is 5.02 Å². The molecule has 2 aromatic carbocycles. The Kier molecular flexibility index (Phi) is 4.17. The summed E-state index contributed by atoms with van der Waals surface area (Å²) in [6.45, 7) is 1.85. The third-order valence-electron chi connectivity index (χ3n) is 3.17. The van der Waals surface area contributed by atoms with Gasteiger partial charge in [-0.3, -0.25) is 10.1 Å². The van der Waals surface area contributed by atoms with Crippen molar-refractivity contribution in [1.82, 2.24) is 0 Å². The first-order valence-corrected chi connectivity index (χ1v) is 6.38. The number of hydrogen-bond donors (Lipinski definition) is 0. The molecular weight excluding hydrogens is 262 g/mol. The van der Waals surface area contributed by atoms with Crippen LogP contribution in [-0.2, 0) is 0 Å². The van der Waals surface area contributed by atoms with E-state index in [9.17, 15) is 10.1 Å². The minimum Gasteiger partial charge on any atom is -0.265 e. The smallest absolute Gasteiger partial charge is 0.214 e. The van der Waals surface area contributed by atoms with Crippen LogP contribution in [0.3, 0.4) is 0 Å². The number of halogens is 1. The predicted molar refractivity (Wildman–Crippen MR) is 76.3 cm³/mol. The molecule has 3 nitrogen and oxygen atoms in total. The van der Waals surface area contributed by atoms with E-state index in [1.165, 1.54) is 0 Å². The van der Waals surface area contributed by atoms with Gasteiger partial charge in [-0.1, -0.05) is 48.0 Å². The molecule has 0 unspecified atom stereocenters. The van der Waals surface area contributed by atoms with E-state index >= 15 is 0 Å². The van der Waals surface area contributed by atoms with E-state index < -0.39 is 0 Å². The summed E-state index contributed by atoms with van der Waals surface area (Å²) in [5, 5.41) is 11.5. The first-order valence-electron chi connectivity index (χ1n) is 6.00. The summed E-state index contributed by atoms with van der Waals surface area (Å²) in [6, 6.07) is 15.0.